The Morgan fingerprint density at radius 1 is 0.420 bits per heavy atom. The molecule has 1 saturated carbocycles. The summed E-state index contributed by atoms with van der Waals surface area (Å²) in [6, 6.07) is 50.9. The van der Waals surface area contributed by atoms with Crippen molar-refractivity contribution in [1.29, 1.82) is 0 Å². The summed E-state index contributed by atoms with van der Waals surface area (Å²) < 4.78 is 0. The van der Waals surface area contributed by atoms with Gasteiger partial charge in [-0.1, -0.05) is 147 Å². The SMILES string of the molecule is [C-]#[N+]c1ccc2c(c1)-c1ccc(-c3cccc(-c4ccc(-c5nc(-c6ccccc6)nc(-c6ccccc6)n5)cc4)c3)cc1C21CCCCC1. The zero-order valence-electron chi connectivity index (χ0n) is 27.7. The van der Waals surface area contributed by atoms with Crippen molar-refractivity contribution in [2.24, 2.45) is 0 Å². The standard InChI is InChI=1S/C46H34N4/c1-47-38-23-25-41-40(30-38)39-24-22-37(29-42(39)46(41)26-9-4-10-27-46)36-17-11-16-35(28-36)31-18-20-34(21-19-31)45-49-43(32-12-5-2-6-13-32)48-44(50-45)33-14-7-3-8-15-33/h2-3,5-8,11-25,28-30H,4,9-10,26-27H2. The molecule has 0 saturated heterocycles. The second-order valence-electron chi connectivity index (χ2n) is 13.4. The molecular formula is C46H34N4. The molecule has 0 atom stereocenters. The molecule has 9 rings (SSSR count). The van der Waals surface area contributed by atoms with Gasteiger partial charge in [-0.3, -0.25) is 0 Å². The van der Waals surface area contributed by atoms with Crippen LogP contribution >= 0.6 is 0 Å². The summed E-state index contributed by atoms with van der Waals surface area (Å²) in [7, 11) is 0. The van der Waals surface area contributed by atoms with Crippen LogP contribution < -0.4 is 0 Å². The van der Waals surface area contributed by atoms with E-state index in [0.717, 1.165) is 27.8 Å². The molecule has 1 spiro atoms. The highest BCUT2D eigenvalue weighted by Crippen LogP contribution is 2.57. The van der Waals surface area contributed by atoms with E-state index >= 15 is 0 Å². The Morgan fingerprint density at radius 2 is 0.940 bits per heavy atom. The van der Waals surface area contributed by atoms with Crippen LogP contribution in [0.1, 0.15) is 43.2 Å². The fourth-order valence-corrected chi connectivity index (χ4v) is 8.06. The van der Waals surface area contributed by atoms with Crippen LogP contribution in [0.25, 0.3) is 72.4 Å². The van der Waals surface area contributed by atoms with Crippen LogP contribution in [0, 0.1) is 6.57 Å². The van der Waals surface area contributed by atoms with Crippen LogP contribution in [0.5, 0.6) is 0 Å². The predicted molar refractivity (Wildman–Crippen MR) is 203 cm³/mol. The lowest BCUT2D eigenvalue weighted by Gasteiger charge is -2.36. The van der Waals surface area contributed by atoms with E-state index in [4.69, 9.17) is 21.5 Å². The Kier molecular flexibility index (Phi) is 7.40. The van der Waals surface area contributed by atoms with Gasteiger partial charge in [0, 0.05) is 22.1 Å². The van der Waals surface area contributed by atoms with Gasteiger partial charge >= 0.3 is 0 Å². The van der Waals surface area contributed by atoms with Crippen LogP contribution in [0.3, 0.4) is 0 Å². The van der Waals surface area contributed by atoms with Crippen molar-refractivity contribution in [1.82, 2.24) is 15.0 Å². The highest BCUT2D eigenvalue weighted by atomic mass is 15.0. The van der Waals surface area contributed by atoms with E-state index < -0.39 is 0 Å². The van der Waals surface area contributed by atoms with Gasteiger partial charge < -0.3 is 0 Å². The molecule has 7 aromatic rings. The van der Waals surface area contributed by atoms with Gasteiger partial charge in [-0.05, 0) is 75.5 Å². The van der Waals surface area contributed by atoms with Gasteiger partial charge in [0.15, 0.2) is 23.2 Å². The molecule has 1 fully saturated rings. The van der Waals surface area contributed by atoms with E-state index in [0.29, 0.717) is 23.2 Å². The maximum atomic E-state index is 7.62. The minimum atomic E-state index is 0.0444. The van der Waals surface area contributed by atoms with Gasteiger partial charge in [0.1, 0.15) is 0 Å². The largest absolute Gasteiger partial charge is 0.238 e. The first-order valence-corrected chi connectivity index (χ1v) is 17.4. The Hall–Kier alpha value is -6.18. The van der Waals surface area contributed by atoms with Crippen LogP contribution in [0.2, 0.25) is 0 Å². The quantitative estimate of drug-likeness (QED) is 0.175. The van der Waals surface area contributed by atoms with Crippen LogP contribution in [0.4, 0.5) is 5.69 Å². The molecule has 0 amide bonds. The first-order valence-electron chi connectivity index (χ1n) is 17.4. The summed E-state index contributed by atoms with van der Waals surface area (Å²) >= 11 is 0. The Labute approximate surface area is 293 Å². The number of nitrogens with zero attached hydrogens (tertiary/aromatic N) is 4. The van der Waals surface area contributed by atoms with E-state index in [1.807, 2.05) is 66.7 Å². The molecule has 2 aliphatic rings. The molecule has 238 valence electrons. The van der Waals surface area contributed by atoms with E-state index in [1.54, 1.807) is 0 Å². The minimum Gasteiger partial charge on any atom is -0.238 e. The van der Waals surface area contributed by atoms with E-state index in [-0.39, 0.29) is 5.41 Å². The third kappa shape index (κ3) is 5.19. The Morgan fingerprint density at radius 3 is 1.56 bits per heavy atom. The molecule has 0 aliphatic heterocycles. The summed E-state index contributed by atoms with van der Waals surface area (Å²) in [5, 5.41) is 0. The van der Waals surface area contributed by atoms with E-state index in [9.17, 15) is 0 Å². The van der Waals surface area contributed by atoms with Crippen molar-refractivity contribution in [2.75, 3.05) is 0 Å². The smallest absolute Gasteiger partial charge is 0.187 e. The van der Waals surface area contributed by atoms with E-state index in [1.165, 1.54) is 65.5 Å². The predicted octanol–water partition coefficient (Wildman–Crippen LogP) is 12.0. The van der Waals surface area contributed by atoms with Gasteiger partial charge in [-0.2, -0.15) is 0 Å². The molecule has 50 heavy (non-hydrogen) atoms. The van der Waals surface area contributed by atoms with Crippen molar-refractivity contribution in [3.05, 3.63) is 168 Å². The molecular weight excluding hydrogens is 609 g/mol. The van der Waals surface area contributed by atoms with Gasteiger partial charge in [-0.15, -0.1) is 0 Å². The fourth-order valence-electron chi connectivity index (χ4n) is 8.06. The summed E-state index contributed by atoms with van der Waals surface area (Å²) in [6.07, 6.45) is 6.11. The molecule has 1 heterocycles. The Balaban J connectivity index is 1.06. The van der Waals surface area contributed by atoms with Crippen LogP contribution in [0.15, 0.2) is 146 Å². The van der Waals surface area contributed by atoms with Gasteiger partial charge in [-0.25, -0.2) is 19.8 Å². The summed E-state index contributed by atoms with van der Waals surface area (Å²) in [6.45, 7) is 7.62. The highest BCUT2D eigenvalue weighted by Gasteiger charge is 2.43. The van der Waals surface area contributed by atoms with Crippen LogP contribution in [-0.2, 0) is 5.41 Å². The average molecular weight is 643 g/mol. The average Bonchev–Trinajstić information content (AvgIpc) is 3.45. The number of aromatic nitrogens is 3. The van der Waals surface area contributed by atoms with Crippen molar-refractivity contribution < 1.29 is 0 Å². The molecule has 0 N–H and O–H groups in total. The maximum Gasteiger partial charge on any atom is 0.187 e. The van der Waals surface area contributed by atoms with Gasteiger partial charge in [0.05, 0.1) is 6.57 Å². The summed E-state index contributed by atoms with van der Waals surface area (Å²) in [5.41, 5.74) is 13.8. The van der Waals surface area contributed by atoms with Crippen molar-refractivity contribution in [2.45, 2.75) is 37.5 Å². The highest BCUT2D eigenvalue weighted by molar-refractivity contribution is 5.86. The number of rotatable bonds is 5. The zero-order chi connectivity index (χ0) is 33.5. The fraction of sp³-hybridized carbons (Fsp3) is 0.130. The second-order valence-corrected chi connectivity index (χ2v) is 13.4. The topological polar surface area (TPSA) is 43.0 Å². The van der Waals surface area contributed by atoms with Crippen LogP contribution in [-0.4, -0.2) is 15.0 Å². The second kappa shape index (κ2) is 12.4. The zero-order valence-corrected chi connectivity index (χ0v) is 27.7. The molecule has 4 nitrogen and oxygen atoms in total. The number of hydrogen-bond donors (Lipinski definition) is 0. The Bertz CT molecular complexity index is 2340. The summed E-state index contributed by atoms with van der Waals surface area (Å²) in [5.74, 6) is 1.97. The normalized spacial score (nSPS) is 14.1. The molecule has 0 unspecified atom stereocenters. The first kappa shape index (κ1) is 29.9. The minimum absolute atomic E-state index is 0.0444. The lowest BCUT2D eigenvalue weighted by Crippen LogP contribution is -2.28. The molecule has 0 radical (unpaired) electrons. The monoisotopic (exact) mass is 642 g/mol. The molecule has 1 aromatic heterocycles. The van der Waals surface area contributed by atoms with Crippen molar-refractivity contribution >= 4 is 5.69 Å². The number of benzene rings is 6. The third-order valence-corrected chi connectivity index (χ3v) is 10.6. The molecule has 4 heteroatoms. The molecule has 2 aliphatic carbocycles. The maximum absolute atomic E-state index is 7.62. The van der Waals surface area contributed by atoms with Gasteiger partial charge in [0.25, 0.3) is 0 Å². The van der Waals surface area contributed by atoms with E-state index in [2.05, 4.69) is 83.7 Å². The van der Waals surface area contributed by atoms with Crippen molar-refractivity contribution in [3.63, 3.8) is 0 Å². The summed E-state index contributed by atoms with van der Waals surface area (Å²) in [4.78, 5) is 18.4. The molecule has 0 bridgehead atoms. The van der Waals surface area contributed by atoms with Crippen molar-refractivity contribution in [3.8, 4) is 67.5 Å². The third-order valence-electron chi connectivity index (χ3n) is 10.6. The number of fused-ring (bicyclic) bond motifs is 5. The lowest BCUT2D eigenvalue weighted by atomic mass is 9.67. The van der Waals surface area contributed by atoms with Gasteiger partial charge in [0.2, 0.25) is 0 Å². The first-order chi connectivity index (χ1) is 24.7. The lowest BCUT2D eigenvalue weighted by molar-refractivity contribution is 0.353. The molecule has 6 aromatic carbocycles. The number of hydrogen-bond acceptors (Lipinski definition) is 3.